The summed E-state index contributed by atoms with van der Waals surface area (Å²) >= 11 is 3.46. The number of rotatable bonds is 5. The lowest BCUT2D eigenvalue weighted by Crippen LogP contribution is -2.00. The average molecular weight is 338 g/mol. The van der Waals surface area contributed by atoms with E-state index >= 15 is 0 Å². The van der Waals surface area contributed by atoms with Gasteiger partial charge in [0.1, 0.15) is 23.0 Å². The van der Waals surface area contributed by atoms with E-state index in [4.69, 9.17) is 19.9 Å². The quantitative estimate of drug-likeness (QED) is 0.903. The molecule has 0 atom stereocenters. The van der Waals surface area contributed by atoms with Crippen molar-refractivity contribution >= 4 is 15.9 Å². The van der Waals surface area contributed by atoms with Gasteiger partial charge in [-0.15, -0.1) is 0 Å². The molecule has 0 amide bonds. The molecule has 2 aromatic carbocycles. The van der Waals surface area contributed by atoms with Gasteiger partial charge >= 0.3 is 0 Å². The molecule has 0 unspecified atom stereocenters. The maximum absolute atomic E-state index is 5.91. The molecule has 106 valence electrons. The van der Waals surface area contributed by atoms with Gasteiger partial charge in [-0.2, -0.15) is 0 Å². The molecule has 0 spiro atoms. The summed E-state index contributed by atoms with van der Waals surface area (Å²) in [5.41, 5.74) is 6.64. The van der Waals surface area contributed by atoms with Gasteiger partial charge in [-0.3, -0.25) is 0 Å². The maximum Gasteiger partial charge on any atom is 0.141 e. The Kier molecular flexibility index (Phi) is 4.87. The predicted molar refractivity (Wildman–Crippen MR) is 81.7 cm³/mol. The third-order valence-corrected chi connectivity index (χ3v) is 3.47. The van der Waals surface area contributed by atoms with Gasteiger partial charge in [0.25, 0.3) is 0 Å². The molecule has 0 radical (unpaired) electrons. The van der Waals surface area contributed by atoms with E-state index in [1.807, 2.05) is 36.4 Å². The summed E-state index contributed by atoms with van der Waals surface area (Å²) in [6.45, 7) is 0.396. The average Bonchev–Trinajstić information content (AvgIpc) is 2.49. The monoisotopic (exact) mass is 337 g/mol. The predicted octanol–water partition coefficient (Wildman–Crippen LogP) is 3.72. The Labute approximate surface area is 126 Å². The zero-order chi connectivity index (χ0) is 14.5. The molecule has 2 rings (SSSR count). The fourth-order valence-corrected chi connectivity index (χ4v) is 2.17. The summed E-state index contributed by atoms with van der Waals surface area (Å²) in [5, 5.41) is 0. The molecule has 0 saturated heterocycles. The molecular weight excluding hydrogens is 322 g/mol. The number of hydrogen-bond acceptors (Lipinski definition) is 4. The highest BCUT2D eigenvalue weighted by Gasteiger charge is 2.09. The van der Waals surface area contributed by atoms with Crippen LogP contribution in [0.3, 0.4) is 0 Å². The van der Waals surface area contributed by atoms with Crippen LogP contribution in [0, 0.1) is 0 Å². The SMILES string of the molecule is COc1ccc(Oc2cc(OC)ccc2CN)c(Br)c1. The highest BCUT2D eigenvalue weighted by atomic mass is 79.9. The molecule has 2 aromatic rings. The minimum atomic E-state index is 0.396. The van der Waals surface area contributed by atoms with Crippen molar-refractivity contribution in [3.63, 3.8) is 0 Å². The van der Waals surface area contributed by atoms with Gasteiger partial charge in [0.05, 0.1) is 18.7 Å². The van der Waals surface area contributed by atoms with Crippen molar-refractivity contribution in [2.75, 3.05) is 14.2 Å². The first kappa shape index (κ1) is 14.7. The number of ether oxygens (including phenoxy) is 3. The highest BCUT2D eigenvalue weighted by Crippen LogP contribution is 2.35. The number of benzene rings is 2. The third kappa shape index (κ3) is 3.23. The molecule has 2 N–H and O–H groups in total. The lowest BCUT2D eigenvalue weighted by Gasteiger charge is -2.13. The van der Waals surface area contributed by atoms with E-state index in [2.05, 4.69) is 15.9 Å². The van der Waals surface area contributed by atoms with Crippen molar-refractivity contribution in [1.82, 2.24) is 0 Å². The molecule has 0 aromatic heterocycles. The molecule has 0 bridgehead atoms. The zero-order valence-corrected chi connectivity index (χ0v) is 12.9. The first-order valence-corrected chi connectivity index (χ1v) is 6.85. The Morgan fingerprint density at radius 1 is 0.950 bits per heavy atom. The van der Waals surface area contributed by atoms with Crippen LogP contribution in [0.1, 0.15) is 5.56 Å². The number of hydrogen-bond donors (Lipinski definition) is 1. The van der Waals surface area contributed by atoms with Gasteiger partial charge in [-0.05, 0) is 40.2 Å². The molecule has 20 heavy (non-hydrogen) atoms. The smallest absolute Gasteiger partial charge is 0.141 e. The van der Waals surface area contributed by atoms with Gasteiger partial charge in [0, 0.05) is 18.2 Å². The molecule has 0 saturated carbocycles. The van der Waals surface area contributed by atoms with E-state index < -0.39 is 0 Å². The minimum Gasteiger partial charge on any atom is -0.497 e. The third-order valence-electron chi connectivity index (χ3n) is 2.85. The largest absolute Gasteiger partial charge is 0.497 e. The fraction of sp³-hybridized carbons (Fsp3) is 0.200. The Bertz CT molecular complexity index is 602. The van der Waals surface area contributed by atoms with Gasteiger partial charge < -0.3 is 19.9 Å². The number of methoxy groups -OCH3 is 2. The van der Waals surface area contributed by atoms with E-state index in [1.54, 1.807) is 14.2 Å². The Morgan fingerprint density at radius 3 is 2.20 bits per heavy atom. The summed E-state index contributed by atoms with van der Waals surface area (Å²) < 4.78 is 17.1. The molecule has 0 aliphatic carbocycles. The van der Waals surface area contributed by atoms with Gasteiger partial charge in [0.15, 0.2) is 0 Å². The van der Waals surface area contributed by atoms with E-state index in [9.17, 15) is 0 Å². The van der Waals surface area contributed by atoms with Gasteiger partial charge in [-0.25, -0.2) is 0 Å². The summed E-state index contributed by atoms with van der Waals surface area (Å²) in [7, 11) is 3.24. The van der Waals surface area contributed by atoms with Crippen LogP contribution in [-0.4, -0.2) is 14.2 Å². The molecule has 0 heterocycles. The maximum atomic E-state index is 5.91. The van der Waals surface area contributed by atoms with E-state index in [0.717, 1.165) is 21.5 Å². The second-order valence-corrected chi connectivity index (χ2v) is 4.93. The lowest BCUT2D eigenvalue weighted by atomic mass is 10.2. The summed E-state index contributed by atoms with van der Waals surface area (Å²) in [6, 6.07) is 11.1. The van der Waals surface area contributed by atoms with Crippen LogP contribution in [0.25, 0.3) is 0 Å². The van der Waals surface area contributed by atoms with Crippen molar-refractivity contribution in [2.45, 2.75) is 6.54 Å². The van der Waals surface area contributed by atoms with Crippen LogP contribution in [0.2, 0.25) is 0 Å². The van der Waals surface area contributed by atoms with Crippen molar-refractivity contribution in [3.05, 3.63) is 46.4 Å². The highest BCUT2D eigenvalue weighted by molar-refractivity contribution is 9.10. The summed E-state index contributed by atoms with van der Waals surface area (Å²) in [4.78, 5) is 0. The first-order valence-electron chi connectivity index (χ1n) is 6.06. The Balaban J connectivity index is 2.33. The summed E-state index contributed by atoms with van der Waals surface area (Å²) in [6.07, 6.45) is 0. The molecule has 0 aliphatic rings. The van der Waals surface area contributed by atoms with E-state index in [1.165, 1.54) is 0 Å². The fourth-order valence-electron chi connectivity index (χ4n) is 1.74. The Hall–Kier alpha value is -1.72. The Morgan fingerprint density at radius 2 is 1.60 bits per heavy atom. The number of halogens is 1. The van der Waals surface area contributed by atoms with Crippen molar-refractivity contribution in [2.24, 2.45) is 5.73 Å². The molecule has 0 aliphatic heterocycles. The van der Waals surface area contributed by atoms with Gasteiger partial charge in [0.2, 0.25) is 0 Å². The molecule has 0 fully saturated rings. The van der Waals surface area contributed by atoms with Gasteiger partial charge in [-0.1, -0.05) is 6.07 Å². The van der Waals surface area contributed by atoms with Crippen LogP contribution >= 0.6 is 15.9 Å². The molecular formula is C15H16BrNO3. The topological polar surface area (TPSA) is 53.7 Å². The summed E-state index contributed by atoms with van der Waals surface area (Å²) in [5.74, 6) is 2.85. The van der Waals surface area contributed by atoms with Crippen molar-refractivity contribution < 1.29 is 14.2 Å². The van der Waals surface area contributed by atoms with Crippen LogP contribution in [0.5, 0.6) is 23.0 Å². The standard InChI is InChI=1S/C15H16BrNO3/c1-18-11-5-6-14(13(16)7-11)20-15-8-12(19-2)4-3-10(15)9-17/h3-8H,9,17H2,1-2H3. The second-order valence-electron chi connectivity index (χ2n) is 4.08. The number of nitrogens with two attached hydrogens (primary N) is 1. The molecule has 4 nitrogen and oxygen atoms in total. The van der Waals surface area contributed by atoms with Crippen molar-refractivity contribution in [1.29, 1.82) is 0 Å². The van der Waals surface area contributed by atoms with Crippen LogP contribution < -0.4 is 19.9 Å². The van der Waals surface area contributed by atoms with E-state index in [0.29, 0.717) is 18.0 Å². The minimum absolute atomic E-state index is 0.396. The second kappa shape index (κ2) is 6.63. The first-order chi connectivity index (χ1) is 9.67. The van der Waals surface area contributed by atoms with E-state index in [-0.39, 0.29) is 0 Å². The van der Waals surface area contributed by atoms with Crippen LogP contribution in [-0.2, 0) is 6.54 Å². The molecule has 5 heteroatoms. The van der Waals surface area contributed by atoms with Crippen molar-refractivity contribution in [3.8, 4) is 23.0 Å². The van der Waals surface area contributed by atoms with Crippen LogP contribution in [0.15, 0.2) is 40.9 Å². The lowest BCUT2D eigenvalue weighted by molar-refractivity contribution is 0.405. The zero-order valence-electron chi connectivity index (χ0n) is 11.4. The van der Waals surface area contributed by atoms with Crippen LogP contribution in [0.4, 0.5) is 0 Å². The normalized spacial score (nSPS) is 10.2.